The lowest BCUT2D eigenvalue weighted by Crippen LogP contribution is -2.35. The van der Waals surface area contributed by atoms with E-state index >= 15 is 0 Å². The van der Waals surface area contributed by atoms with Crippen LogP contribution in [0.2, 0.25) is 10.0 Å². The smallest absolute Gasteiger partial charge is 0.266 e. The van der Waals surface area contributed by atoms with E-state index in [0.717, 1.165) is 25.0 Å². The van der Waals surface area contributed by atoms with Gasteiger partial charge in [-0.1, -0.05) is 65.4 Å². The molecule has 0 spiro atoms. The Hall–Kier alpha value is -2.10. The van der Waals surface area contributed by atoms with Crippen molar-refractivity contribution in [1.82, 2.24) is 4.90 Å². The molecule has 172 valence electrons. The number of benzene rings is 2. The summed E-state index contributed by atoms with van der Waals surface area (Å²) in [5.74, 6) is -0.00454. The number of amides is 2. The molecule has 2 amide bonds. The first-order valence-electron chi connectivity index (χ1n) is 10.2. The molecule has 6 nitrogen and oxygen atoms in total. The van der Waals surface area contributed by atoms with Gasteiger partial charge in [0.05, 0.1) is 33.3 Å². The van der Waals surface area contributed by atoms with E-state index < -0.39 is 0 Å². The molecule has 1 N–H and O–H groups in total. The number of carbonyl (C=O) groups excluding carboxylic acids is 2. The summed E-state index contributed by atoms with van der Waals surface area (Å²) in [4.78, 5) is 27.2. The Bertz CT molecular complexity index is 1120. The molecule has 2 aromatic rings. The van der Waals surface area contributed by atoms with Crippen molar-refractivity contribution in [2.75, 3.05) is 25.1 Å². The Morgan fingerprint density at radius 1 is 1.30 bits per heavy atom. The van der Waals surface area contributed by atoms with Crippen LogP contribution in [0.15, 0.2) is 47.4 Å². The van der Waals surface area contributed by atoms with Crippen molar-refractivity contribution in [3.8, 4) is 5.75 Å². The van der Waals surface area contributed by atoms with Crippen molar-refractivity contribution in [2.45, 2.75) is 18.9 Å². The number of rotatable bonds is 7. The average molecular weight is 523 g/mol. The highest BCUT2D eigenvalue weighted by Gasteiger charge is 2.34. The Balaban J connectivity index is 1.37. The highest BCUT2D eigenvalue weighted by Crippen LogP contribution is 2.34. The maximum atomic E-state index is 12.8. The van der Waals surface area contributed by atoms with E-state index in [0.29, 0.717) is 32.2 Å². The van der Waals surface area contributed by atoms with Crippen LogP contribution in [0.25, 0.3) is 6.08 Å². The number of ether oxygens (including phenoxy) is 2. The molecule has 2 aliphatic heterocycles. The number of hydrogen-bond acceptors (Lipinski definition) is 6. The second-order valence-corrected chi connectivity index (χ2v) is 9.90. The van der Waals surface area contributed by atoms with E-state index in [1.165, 1.54) is 11.8 Å². The maximum absolute atomic E-state index is 12.8. The van der Waals surface area contributed by atoms with Crippen molar-refractivity contribution in [1.29, 1.82) is 0 Å². The first-order valence-corrected chi connectivity index (χ1v) is 12.2. The van der Waals surface area contributed by atoms with Crippen LogP contribution in [0, 0.1) is 0 Å². The van der Waals surface area contributed by atoms with Gasteiger partial charge in [0.25, 0.3) is 11.8 Å². The predicted octanol–water partition coefficient (Wildman–Crippen LogP) is 5.39. The summed E-state index contributed by atoms with van der Waals surface area (Å²) in [6.45, 7) is 0.999. The summed E-state index contributed by atoms with van der Waals surface area (Å²) < 4.78 is 11.8. The molecule has 0 bridgehead atoms. The topological polar surface area (TPSA) is 67.9 Å². The quantitative estimate of drug-likeness (QED) is 0.388. The number of thiocarbonyl (C=S) groups is 1. The predicted molar refractivity (Wildman–Crippen MR) is 136 cm³/mol. The average Bonchev–Trinajstić information content (AvgIpc) is 3.40. The monoisotopic (exact) mass is 522 g/mol. The third-order valence-electron chi connectivity index (χ3n) is 5.04. The van der Waals surface area contributed by atoms with Gasteiger partial charge in [-0.2, -0.15) is 0 Å². The molecule has 0 saturated carbocycles. The molecule has 2 fully saturated rings. The largest absolute Gasteiger partial charge is 0.484 e. The first kappa shape index (κ1) is 24.0. The molecule has 2 heterocycles. The van der Waals surface area contributed by atoms with Crippen molar-refractivity contribution < 1.29 is 19.1 Å². The van der Waals surface area contributed by atoms with E-state index in [1.807, 2.05) is 6.07 Å². The lowest BCUT2D eigenvalue weighted by molar-refractivity contribution is -0.123. The minimum Gasteiger partial charge on any atom is -0.484 e. The minimum absolute atomic E-state index is 0.0384. The fourth-order valence-corrected chi connectivity index (χ4v) is 5.05. The number of thioether (sulfide) groups is 1. The fraction of sp³-hybridized carbons (Fsp3) is 0.261. The van der Waals surface area contributed by atoms with Gasteiger partial charge in [-0.25, -0.2) is 0 Å². The van der Waals surface area contributed by atoms with Gasteiger partial charge in [0, 0.05) is 6.61 Å². The molecule has 33 heavy (non-hydrogen) atoms. The first-order chi connectivity index (χ1) is 15.9. The number of nitrogens with one attached hydrogen (secondary N) is 1. The van der Waals surface area contributed by atoms with Gasteiger partial charge in [-0.3, -0.25) is 14.5 Å². The summed E-state index contributed by atoms with van der Waals surface area (Å²) in [5, 5.41) is 3.29. The molecule has 1 atom stereocenters. The summed E-state index contributed by atoms with van der Waals surface area (Å²) in [7, 11) is 0. The van der Waals surface area contributed by atoms with E-state index in [-0.39, 0.29) is 29.5 Å². The highest BCUT2D eigenvalue weighted by molar-refractivity contribution is 8.26. The highest BCUT2D eigenvalue weighted by atomic mass is 35.5. The second-order valence-electron chi connectivity index (χ2n) is 7.44. The zero-order valence-corrected chi connectivity index (χ0v) is 20.5. The second kappa shape index (κ2) is 10.9. The van der Waals surface area contributed by atoms with Crippen LogP contribution in [0.1, 0.15) is 18.4 Å². The zero-order valence-electron chi connectivity index (χ0n) is 17.4. The SMILES string of the molecule is O=C(COc1cccc(/C=C2\SC(=S)N(C[C@@H]3CCCO3)C2=O)c1)Nc1cccc(Cl)c1Cl. The third kappa shape index (κ3) is 6.07. The number of carbonyl (C=O) groups is 2. The van der Waals surface area contributed by atoms with Crippen LogP contribution >= 0.6 is 47.2 Å². The van der Waals surface area contributed by atoms with Gasteiger partial charge in [0.1, 0.15) is 10.1 Å². The van der Waals surface area contributed by atoms with Gasteiger partial charge in [0.2, 0.25) is 0 Å². The molecule has 2 aromatic carbocycles. The van der Waals surface area contributed by atoms with E-state index in [2.05, 4.69) is 5.32 Å². The molecule has 0 unspecified atom stereocenters. The van der Waals surface area contributed by atoms with Crippen LogP contribution in [0.5, 0.6) is 5.75 Å². The summed E-state index contributed by atoms with van der Waals surface area (Å²) >= 11 is 18.7. The van der Waals surface area contributed by atoms with E-state index in [1.54, 1.807) is 47.4 Å². The Morgan fingerprint density at radius 3 is 2.91 bits per heavy atom. The molecule has 0 aromatic heterocycles. The van der Waals surface area contributed by atoms with Crippen LogP contribution in [-0.4, -0.2) is 46.9 Å². The minimum atomic E-state index is -0.375. The number of nitrogens with zero attached hydrogens (tertiary/aromatic N) is 1. The number of halogens is 2. The van der Waals surface area contributed by atoms with Crippen molar-refractivity contribution in [3.63, 3.8) is 0 Å². The van der Waals surface area contributed by atoms with E-state index in [4.69, 9.17) is 44.9 Å². The zero-order chi connectivity index (χ0) is 23.4. The van der Waals surface area contributed by atoms with Crippen LogP contribution in [-0.2, 0) is 14.3 Å². The lowest BCUT2D eigenvalue weighted by Gasteiger charge is -2.18. The Morgan fingerprint density at radius 2 is 2.12 bits per heavy atom. The summed E-state index contributed by atoms with van der Waals surface area (Å²) in [5.41, 5.74) is 1.18. The molecule has 2 saturated heterocycles. The molecular weight excluding hydrogens is 503 g/mol. The number of hydrogen-bond donors (Lipinski definition) is 1. The fourth-order valence-electron chi connectivity index (χ4n) is 3.43. The van der Waals surface area contributed by atoms with Crippen LogP contribution < -0.4 is 10.1 Å². The van der Waals surface area contributed by atoms with Crippen molar-refractivity contribution >= 4 is 75.1 Å². The van der Waals surface area contributed by atoms with Crippen LogP contribution in [0.3, 0.4) is 0 Å². The van der Waals surface area contributed by atoms with Gasteiger partial charge in [-0.05, 0) is 48.7 Å². The standard InChI is InChI=1S/C23H20Cl2N2O4S2/c24-17-7-2-8-18(21(17)25)26-20(28)13-31-15-5-1-4-14(10-15)11-19-22(29)27(23(32)33-19)12-16-6-3-9-30-16/h1-2,4-5,7-8,10-11,16H,3,6,9,12-13H2,(H,26,28)/b19-11-/t16-/m0/s1. The lowest BCUT2D eigenvalue weighted by atomic mass is 10.2. The van der Waals surface area contributed by atoms with Gasteiger partial charge < -0.3 is 14.8 Å². The van der Waals surface area contributed by atoms with Gasteiger partial charge >= 0.3 is 0 Å². The van der Waals surface area contributed by atoms with Crippen molar-refractivity contribution in [3.05, 3.63) is 63.0 Å². The summed E-state index contributed by atoms with van der Waals surface area (Å²) in [6, 6.07) is 12.1. The van der Waals surface area contributed by atoms with Crippen molar-refractivity contribution in [2.24, 2.45) is 0 Å². The van der Waals surface area contributed by atoms with Gasteiger partial charge in [-0.15, -0.1) is 0 Å². The Labute approximate surface area is 211 Å². The van der Waals surface area contributed by atoms with Gasteiger partial charge in [0.15, 0.2) is 6.61 Å². The third-order valence-corrected chi connectivity index (χ3v) is 7.23. The molecule has 10 heteroatoms. The molecule has 4 rings (SSSR count). The normalized spacial score (nSPS) is 19.4. The Kier molecular flexibility index (Phi) is 7.93. The summed E-state index contributed by atoms with van der Waals surface area (Å²) in [6.07, 6.45) is 3.75. The molecule has 0 radical (unpaired) electrons. The maximum Gasteiger partial charge on any atom is 0.266 e. The van der Waals surface area contributed by atoms with Crippen LogP contribution in [0.4, 0.5) is 5.69 Å². The van der Waals surface area contributed by atoms with E-state index in [9.17, 15) is 9.59 Å². The number of anilines is 1. The molecule has 2 aliphatic rings. The molecule has 0 aliphatic carbocycles. The molecular formula is C23H20Cl2N2O4S2.